The summed E-state index contributed by atoms with van der Waals surface area (Å²) < 4.78 is 10.3. The normalized spacial score (nSPS) is 25.1. The molecule has 0 aromatic heterocycles. The summed E-state index contributed by atoms with van der Waals surface area (Å²) >= 11 is 0. The van der Waals surface area contributed by atoms with Crippen LogP contribution >= 0.6 is 0 Å². The van der Waals surface area contributed by atoms with Crippen LogP contribution in [0.1, 0.15) is 26.3 Å². The van der Waals surface area contributed by atoms with Gasteiger partial charge in [0.25, 0.3) is 5.91 Å². The Morgan fingerprint density at radius 1 is 1.33 bits per heavy atom. The summed E-state index contributed by atoms with van der Waals surface area (Å²) in [6.45, 7) is 5.58. The SMILES string of the molecule is COc1ccc(C2=NO[C@H](C(=O)N3CC(C)(C)OC3=O)[C@H]2C)cc1. The van der Waals surface area contributed by atoms with Crippen LogP contribution in [-0.2, 0) is 14.4 Å². The number of cyclic esters (lactones) is 1. The van der Waals surface area contributed by atoms with E-state index in [1.807, 2.05) is 31.2 Å². The lowest BCUT2D eigenvalue weighted by Crippen LogP contribution is -2.44. The first-order valence-corrected chi connectivity index (χ1v) is 7.75. The fourth-order valence-corrected chi connectivity index (χ4v) is 2.86. The predicted octanol–water partition coefficient (Wildman–Crippen LogP) is 2.19. The monoisotopic (exact) mass is 332 g/mol. The molecule has 3 rings (SSSR count). The van der Waals surface area contributed by atoms with E-state index in [2.05, 4.69) is 5.16 Å². The van der Waals surface area contributed by atoms with Gasteiger partial charge in [-0.1, -0.05) is 12.1 Å². The van der Waals surface area contributed by atoms with Gasteiger partial charge in [0.15, 0.2) is 0 Å². The van der Waals surface area contributed by atoms with Gasteiger partial charge in [0.1, 0.15) is 11.4 Å². The number of hydrogen-bond acceptors (Lipinski definition) is 6. The summed E-state index contributed by atoms with van der Waals surface area (Å²) in [6, 6.07) is 7.36. The second-order valence-corrected chi connectivity index (χ2v) is 6.57. The maximum atomic E-state index is 12.6. The molecule has 0 bridgehead atoms. The number of imide groups is 1. The van der Waals surface area contributed by atoms with Crippen LogP contribution in [-0.4, -0.2) is 48.0 Å². The second kappa shape index (κ2) is 5.81. The van der Waals surface area contributed by atoms with Crippen LogP contribution in [0.4, 0.5) is 4.79 Å². The Kier molecular flexibility index (Phi) is 3.95. The summed E-state index contributed by atoms with van der Waals surface area (Å²) in [7, 11) is 1.60. The van der Waals surface area contributed by atoms with E-state index in [9.17, 15) is 9.59 Å². The highest BCUT2D eigenvalue weighted by atomic mass is 16.7. The fourth-order valence-electron chi connectivity index (χ4n) is 2.86. The third-order valence-electron chi connectivity index (χ3n) is 4.17. The van der Waals surface area contributed by atoms with Crippen LogP contribution < -0.4 is 4.74 Å². The van der Waals surface area contributed by atoms with E-state index in [0.29, 0.717) is 5.71 Å². The van der Waals surface area contributed by atoms with Gasteiger partial charge in [-0.2, -0.15) is 0 Å². The maximum Gasteiger partial charge on any atom is 0.417 e. The zero-order valence-electron chi connectivity index (χ0n) is 14.1. The lowest BCUT2D eigenvalue weighted by molar-refractivity contribution is -0.140. The molecule has 24 heavy (non-hydrogen) atoms. The number of benzene rings is 1. The number of carbonyl (C=O) groups excluding carboxylic acids is 2. The first-order valence-electron chi connectivity index (χ1n) is 7.75. The van der Waals surface area contributed by atoms with Crippen molar-refractivity contribution in [1.29, 1.82) is 0 Å². The quantitative estimate of drug-likeness (QED) is 0.848. The molecule has 7 nitrogen and oxygen atoms in total. The highest BCUT2D eigenvalue weighted by Crippen LogP contribution is 2.29. The van der Waals surface area contributed by atoms with Crippen molar-refractivity contribution in [2.45, 2.75) is 32.5 Å². The van der Waals surface area contributed by atoms with Gasteiger partial charge in [0, 0.05) is 5.56 Å². The Morgan fingerprint density at radius 3 is 2.54 bits per heavy atom. The van der Waals surface area contributed by atoms with Crippen molar-refractivity contribution in [2.75, 3.05) is 13.7 Å². The van der Waals surface area contributed by atoms with Gasteiger partial charge < -0.3 is 14.3 Å². The summed E-state index contributed by atoms with van der Waals surface area (Å²) in [5, 5.41) is 4.05. The molecule has 2 amide bonds. The topological polar surface area (TPSA) is 77.4 Å². The molecule has 2 aliphatic heterocycles. The van der Waals surface area contributed by atoms with Gasteiger partial charge in [-0.15, -0.1) is 0 Å². The Labute approximate surface area is 140 Å². The standard InChI is InChI=1S/C17H20N2O5/c1-10-13(11-5-7-12(22-4)8-6-11)18-24-14(10)15(20)19-9-17(2,3)23-16(19)21/h5-8,10,14H,9H2,1-4H3/t10-,14-/m0/s1. The first-order chi connectivity index (χ1) is 11.3. The van der Waals surface area contributed by atoms with Gasteiger partial charge >= 0.3 is 6.09 Å². The molecule has 1 saturated heterocycles. The van der Waals surface area contributed by atoms with Gasteiger partial charge in [-0.3, -0.25) is 4.79 Å². The van der Waals surface area contributed by atoms with Crippen molar-refractivity contribution >= 4 is 17.7 Å². The number of methoxy groups -OCH3 is 1. The van der Waals surface area contributed by atoms with E-state index in [4.69, 9.17) is 14.3 Å². The summed E-state index contributed by atoms with van der Waals surface area (Å²) in [5.41, 5.74) is 0.833. The van der Waals surface area contributed by atoms with Gasteiger partial charge in [0.05, 0.1) is 25.3 Å². The Balaban J connectivity index is 1.74. The predicted molar refractivity (Wildman–Crippen MR) is 85.8 cm³/mol. The molecule has 2 aliphatic rings. The van der Waals surface area contributed by atoms with E-state index < -0.39 is 23.7 Å². The number of nitrogens with zero attached hydrogens (tertiary/aromatic N) is 2. The zero-order chi connectivity index (χ0) is 17.5. The molecular weight excluding hydrogens is 312 g/mol. The molecule has 0 spiro atoms. The Morgan fingerprint density at radius 2 is 2.00 bits per heavy atom. The molecular formula is C17H20N2O5. The zero-order valence-corrected chi connectivity index (χ0v) is 14.1. The van der Waals surface area contributed by atoms with Crippen molar-refractivity contribution < 1.29 is 23.9 Å². The highest BCUT2D eigenvalue weighted by Gasteiger charge is 2.47. The molecule has 0 aliphatic carbocycles. The molecule has 128 valence electrons. The van der Waals surface area contributed by atoms with Gasteiger partial charge in [0.2, 0.25) is 6.10 Å². The average Bonchev–Trinajstić information content (AvgIpc) is 3.06. The molecule has 1 fully saturated rings. The molecule has 0 radical (unpaired) electrons. The average molecular weight is 332 g/mol. The maximum absolute atomic E-state index is 12.6. The lowest BCUT2D eigenvalue weighted by atomic mass is 9.93. The molecule has 0 unspecified atom stereocenters. The Bertz CT molecular complexity index is 695. The van der Waals surface area contributed by atoms with Gasteiger partial charge in [-0.05, 0) is 38.1 Å². The fraction of sp³-hybridized carbons (Fsp3) is 0.471. The number of carbonyl (C=O) groups is 2. The van der Waals surface area contributed by atoms with Crippen LogP contribution in [0.5, 0.6) is 5.75 Å². The molecule has 7 heteroatoms. The molecule has 1 aromatic rings. The number of oxime groups is 1. The number of hydrogen-bond donors (Lipinski definition) is 0. The van der Waals surface area contributed by atoms with Crippen molar-refractivity contribution in [2.24, 2.45) is 11.1 Å². The van der Waals surface area contributed by atoms with E-state index in [1.165, 1.54) is 0 Å². The van der Waals surface area contributed by atoms with E-state index in [0.717, 1.165) is 16.2 Å². The van der Waals surface area contributed by atoms with Crippen molar-refractivity contribution in [1.82, 2.24) is 4.90 Å². The molecule has 2 atom stereocenters. The number of amides is 2. The minimum absolute atomic E-state index is 0.203. The second-order valence-electron chi connectivity index (χ2n) is 6.57. The van der Waals surface area contributed by atoms with E-state index in [-0.39, 0.29) is 12.5 Å². The van der Waals surface area contributed by atoms with Crippen LogP contribution in [0.2, 0.25) is 0 Å². The minimum Gasteiger partial charge on any atom is -0.497 e. The third kappa shape index (κ3) is 2.81. The first kappa shape index (κ1) is 16.3. The number of ether oxygens (including phenoxy) is 2. The Hall–Kier alpha value is -2.57. The van der Waals surface area contributed by atoms with Crippen LogP contribution in [0.15, 0.2) is 29.4 Å². The van der Waals surface area contributed by atoms with Crippen LogP contribution in [0.25, 0.3) is 0 Å². The lowest BCUT2D eigenvalue weighted by Gasteiger charge is -2.19. The molecule has 0 saturated carbocycles. The van der Waals surface area contributed by atoms with Crippen LogP contribution in [0.3, 0.4) is 0 Å². The summed E-state index contributed by atoms with van der Waals surface area (Å²) in [6.07, 6.45) is -1.47. The molecule has 0 N–H and O–H groups in total. The summed E-state index contributed by atoms with van der Waals surface area (Å²) in [4.78, 5) is 31.0. The van der Waals surface area contributed by atoms with E-state index in [1.54, 1.807) is 21.0 Å². The van der Waals surface area contributed by atoms with Crippen molar-refractivity contribution in [3.8, 4) is 5.75 Å². The molecule has 1 aromatic carbocycles. The van der Waals surface area contributed by atoms with Crippen molar-refractivity contribution in [3.63, 3.8) is 0 Å². The smallest absolute Gasteiger partial charge is 0.417 e. The number of rotatable bonds is 3. The minimum atomic E-state index is -0.830. The summed E-state index contributed by atoms with van der Waals surface area (Å²) in [5.74, 6) is 0.0355. The highest BCUT2D eigenvalue weighted by molar-refractivity contribution is 6.07. The largest absolute Gasteiger partial charge is 0.497 e. The van der Waals surface area contributed by atoms with Gasteiger partial charge in [-0.25, -0.2) is 9.69 Å². The van der Waals surface area contributed by atoms with Crippen LogP contribution in [0, 0.1) is 5.92 Å². The molecule has 2 heterocycles. The third-order valence-corrected chi connectivity index (χ3v) is 4.17. The van der Waals surface area contributed by atoms with E-state index >= 15 is 0 Å². The van der Waals surface area contributed by atoms with Crippen molar-refractivity contribution in [3.05, 3.63) is 29.8 Å².